The standard InChI is InChI=1S/C23H23ClN2O3S2/c24-18-9-5-4-8-17(18)19-11-10-16(29-19)12-20-22(28)26(23(30)31-20)14-21(27)25-13-15-6-2-1-3-7-15/h4-5,8-12,15H,1-3,6-7,13-14H2,(H,25,27)/b20-12+. The average molecular weight is 475 g/mol. The summed E-state index contributed by atoms with van der Waals surface area (Å²) in [5, 5.41) is 3.55. The summed E-state index contributed by atoms with van der Waals surface area (Å²) in [7, 11) is 0. The SMILES string of the molecule is O=C(CN1C(=O)/C(=C\c2ccc(-c3ccccc3Cl)o2)SC1=S)NCC1CCCCC1. The number of hydrogen-bond donors (Lipinski definition) is 1. The Labute approximate surface area is 196 Å². The molecule has 2 fully saturated rings. The molecule has 1 N–H and O–H groups in total. The van der Waals surface area contributed by atoms with Gasteiger partial charge in [0.2, 0.25) is 5.91 Å². The van der Waals surface area contributed by atoms with E-state index in [2.05, 4.69) is 5.32 Å². The van der Waals surface area contributed by atoms with E-state index in [-0.39, 0.29) is 18.4 Å². The van der Waals surface area contributed by atoms with Crippen molar-refractivity contribution in [2.75, 3.05) is 13.1 Å². The Morgan fingerprint density at radius 3 is 2.77 bits per heavy atom. The van der Waals surface area contributed by atoms with E-state index in [1.165, 1.54) is 35.9 Å². The molecule has 0 bridgehead atoms. The fourth-order valence-corrected chi connectivity index (χ4v) is 5.31. The van der Waals surface area contributed by atoms with Crippen molar-refractivity contribution in [3.63, 3.8) is 0 Å². The van der Waals surface area contributed by atoms with Crippen LogP contribution in [0, 0.1) is 5.92 Å². The number of furan rings is 1. The summed E-state index contributed by atoms with van der Waals surface area (Å²) in [6, 6.07) is 11.0. The summed E-state index contributed by atoms with van der Waals surface area (Å²) in [6.07, 6.45) is 7.70. The fourth-order valence-electron chi connectivity index (χ4n) is 3.85. The lowest BCUT2D eigenvalue weighted by atomic mass is 9.89. The van der Waals surface area contributed by atoms with Gasteiger partial charge in [-0.25, -0.2) is 0 Å². The molecule has 5 nitrogen and oxygen atoms in total. The summed E-state index contributed by atoms with van der Waals surface area (Å²) >= 11 is 12.7. The van der Waals surface area contributed by atoms with Crippen molar-refractivity contribution in [1.29, 1.82) is 0 Å². The third-order valence-electron chi connectivity index (χ3n) is 5.53. The number of nitrogens with one attached hydrogen (secondary N) is 1. The number of thiocarbonyl (C=S) groups is 1. The summed E-state index contributed by atoms with van der Waals surface area (Å²) in [5.41, 5.74) is 0.783. The molecule has 0 spiro atoms. The molecule has 1 aliphatic heterocycles. The van der Waals surface area contributed by atoms with Gasteiger partial charge in [-0.3, -0.25) is 14.5 Å². The molecule has 2 heterocycles. The molecule has 1 saturated heterocycles. The van der Waals surface area contributed by atoms with E-state index in [4.69, 9.17) is 28.2 Å². The van der Waals surface area contributed by atoms with Crippen LogP contribution in [0.5, 0.6) is 0 Å². The Morgan fingerprint density at radius 1 is 1.23 bits per heavy atom. The van der Waals surface area contributed by atoms with E-state index in [1.807, 2.05) is 24.3 Å². The number of nitrogens with zero attached hydrogens (tertiary/aromatic N) is 1. The molecule has 8 heteroatoms. The highest BCUT2D eigenvalue weighted by Gasteiger charge is 2.33. The maximum Gasteiger partial charge on any atom is 0.266 e. The van der Waals surface area contributed by atoms with Gasteiger partial charge >= 0.3 is 0 Å². The summed E-state index contributed by atoms with van der Waals surface area (Å²) in [5.74, 6) is 1.22. The summed E-state index contributed by atoms with van der Waals surface area (Å²) < 4.78 is 6.23. The predicted octanol–water partition coefficient (Wildman–Crippen LogP) is 5.50. The van der Waals surface area contributed by atoms with Gasteiger partial charge in [0.15, 0.2) is 0 Å². The molecular formula is C23H23ClN2O3S2. The fraction of sp³-hybridized carbons (Fsp3) is 0.348. The smallest absolute Gasteiger partial charge is 0.266 e. The van der Waals surface area contributed by atoms with Gasteiger partial charge in [0.25, 0.3) is 5.91 Å². The van der Waals surface area contributed by atoms with Crippen LogP contribution >= 0.6 is 35.6 Å². The molecule has 1 aromatic carbocycles. The van der Waals surface area contributed by atoms with E-state index < -0.39 is 0 Å². The lowest BCUT2D eigenvalue weighted by Crippen LogP contribution is -2.41. The monoisotopic (exact) mass is 474 g/mol. The zero-order valence-electron chi connectivity index (χ0n) is 16.9. The lowest BCUT2D eigenvalue weighted by Gasteiger charge is -2.22. The van der Waals surface area contributed by atoms with Crippen LogP contribution in [-0.2, 0) is 9.59 Å². The minimum absolute atomic E-state index is 0.0578. The Kier molecular flexibility index (Phi) is 7.15. The normalized spacial score (nSPS) is 18.7. The van der Waals surface area contributed by atoms with Crippen molar-refractivity contribution in [3.05, 3.63) is 52.1 Å². The Balaban J connectivity index is 1.38. The molecule has 162 valence electrons. The average Bonchev–Trinajstić information content (AvgIpc) is 3.33. The van der Waals surface area contributed by atoms with Gasteiger partial charge in [-0.15, -0.1) is 0 Å². The quantitative estimate of drug-likeness (QED) is 0.442. The number of carbonyl (C=O) groups excluding carboxylic acids is 2. The number of rotatable bonds is 6. The molecule has 0 unspecified atom stereocenters. The van der Waals surface area contributed by atoms with Crippen molar-refractivity contribution in [3.8, 4) is 11.3 Å². The molecule has 31 heavy (non-hydrogen) atoms. The van der Waals surface area contributed by atoms with Gasteiger partial charge in [-0.2, -0.15) is 0 Å². The second-order valence-electron chi connectivity index (χ2n) is 7.76. The number of carbonyl (C=O) groups is 2. The number of hydrogen-bond acceptors (Lipinski definition) is 5. The van der Waals surface area contributed by atoms with Crippen molar-refractivity contribution < 1.29 is 14.0 Å². The van der Waals surface area contributed by atoms with Crippen LogP contribution in [0.25, 0.3) is 17.4 Å². The van der Waals surface area contributed by atoms with Crippen molar-refractivity contribution >= 4 is 57.8 Å². The highest BCUT2D eigenvalue weighted by Crippen LogP contribution is 2.34. The zero-order valence-corrected chi connectivity index (χ0v) is 19.3. The van der Waals surface area contributed by atoms with E-state index in [9.17, 15) is 9.59 Å². The largest absolute Gasteiger partial charge is 0.457 e. The maximum absolute atomic E-state index is 12.8. The van der Waals surface area contributed by atoms with Crippen LogP contribution in [0.15, 0.2) is 45.7 Å². The topological polar surface area (TPSA) is 62.6 Å². The Bertz CT molecular complexity index is 1030. The minimum Gasteiger partial charge on any atom is -0.457 e. The number of amides is 2. The molecule has 4 rings (SSSR count). The molecule has 0 atom stereocenters. The summed E-state index contributed by atoms with van der Waals surface area (Å²) in [6.45, 7) is 0.610. The molecule has 1 aromatic heterocycles. The second kappa shape index (κ2) is 10.0. The van der Waals surface area contributed by atoms with Gasteiger partial charge in [0, 0.05) is 18.2 Å². The van der Waals surface area contributed by atoms with Crippen molar-refractivity contribution in [2.24, 2.45) is 5.92 Å². The van der Waals surface area contributed by atoms with Crippen LogP contribution in [0.2, 0.25) is 5.02 Å². The first-order valence-corrected chi connectivity index (χ1v) is 12.0. The lowest BCUT2D eigenvalue weighted by molar-refractivity contribution is -0.128. The van der Waals surface area contributed by atoms with Crippen LogP contribution < -0.4 is 5.32 Å². The zero-order chi connectivity index (χ0) is 21.8. The molecule has 1 aliphatic carbocycles. The van der Waals surface area contributed by atoms with E-state index in [1.54, 1.807) is 18.2 Å². The van der Waals surface area contributed by atoms with E-state index in [0.717, 1.165) is 18.4 Å². The summed E-state index contributed by atoms with van der Waals surface area (Å²) in [4.78, 5) is 26.9. The van der Waals surface area contributed by atoms with Crippen LogP contribution in [0.4, 0.5) is 0 Å². The van der Waals surface area contributed by atoms with Gasteiger partial charge in [0.05, 0.1) is 9.93 Å². The Hall–Kier alpha value is -2.09. The van der Waals surface area contributed by atoms with Crippen LogP contribution in [0.1, 0.15) is 37.9 Å². The molecule has 1 saturated carbocycles. The Morgan fingerprint density at radius 2 is 2.00 bits per heavy atom. The number of thioether (sulfide) groups is 1. The van der Waals surface area contributed by atoms with Crippen LogP contribution in [0.3, 0.4) is 0 Å². The molecule has 0 radical (unpaired) electrons. The highest BCUT2D eigenvalue weighted by atomic mass is 35.5. The van der Waals surface area contributed by atoms with Crippen molar-refractivity contribution in [1.82, 2.24) is 10.2 Å². The highest BCUT2D eigenvalue weighted by molar-refractivity contribution is 8.26. The first-order valence-electron chi connectivity index (χ1n) is 10.4. The molecule has 2 amide bonds. The van der Waals surface area contributed by atoms with Gasteiger partial charge in [-0.1, -0.05) is 67.0 Å². The van der Waals surface area contributed by atoms with Crippen LogP contribution in [-0.4, -0.2) is 34.1 Å². The van der Waals surface area contributed by atoms with Gasteiger partial charge < -0.3 is 9.73 Å². The van der Waals surface area contributed by atoms with Gasteiger partial charge in [-0.05, 0) is 43.0 Å². The van der Waals surface area contributed by atoms with E-state index >= 15 is 0 Å². The third-order valence-corrected chi connectivity index (χ3v) is 7.23. The van der Waals surface area contributed by atoms with Crippen molar-refractivity contribution in [2.45, 2.75) is 32.1 Å². The molecule has 2 aromatic rings. The first kappa shape index (κ1) is 22.1. The van der Waals surface area contributed by atoms with E-state index in [0.29, 0.717) is 38.2 Å². The second-order valence-corrected chi connectivity index (χ2v) is 9.84. The number of benzene rings is 1. The molecule has 2 aliphatic rings. The third kappa shape index (κ3) is 5.40. The van der Waals surface area contributed by atoms with Gasteiger partial charge in [0.1, 0.15) is 22.4 Å². The maximum atomic E-state index is 12.8. The number of halogens is 1. The first-order chi connectivity index (χ1) is 15.0. The minimum atomic E-state index is -0.279. The molecular weight excluding hydrogens is 452 g/mol. The predicted molar refractivity (Wildman–Crippen MR) is 129 cm³/mol.